The normalized spacial score (nSPS) is 17.2. The van der Waals surface area contributed by atoms with E-state index in [-0.39, 0.29) is 0 Å². The Morgan fingerprint density at radius 1 is 1.16 bits per heavy atom. The van der Waals surface area contributed by atoms with Gasteiger partial charge in [-0.15, -0.1) is 0 Å². The van der Waals surface area contributed by atoms with Crippen LogP contribution >= 0.6 is 0 Å². The zero-order valence-electron chi connectivity index (χ0n) is 18.9. The van der Waals surface area contributed by atoms with Crippen LogP contribution in [-0.2, 0) is 13.0 Å². The van der Waals surface area contributed by atoms with E-state index >= 15 is 0 Å². The molecule has 0 atom stereocenters. The average Bonchev–Trinajstić information content (AvgIpc) is 2.82. The fourth-order valence-electron chi connectivity index (χ4n) is 4.53. The molecule has 3 aromatic rings. The van der Waals surface area contributed by atoms with Crippen molar-refractivity contribution in [2.75, 3.05) is 45.7 Å². The number of benzene rings is 2. The Balaban J connectivity index is 1.35. The number of rotatable bonds is 6. The lowest BCUT2D eigenvalue weighted by atomic mass is 9.99. The Bertz CT molecular complexity index is 1100. The van der Waals surface area contributed by atoms with E-state index in [4.69, 9.17) is 14.5 Å². The number of anilines is 2. The van der Waals surface area contributed by atoms with Gasteiger partial charge in [0.1, 0.15) is 11.5 Å². The minimum absolute atomic E-state index is 0.551. The van der Waals surface area contributed by atoms with E-state index < -0.39 is 0 Å². The van der Waals surface area contributed by atoms with Gasteiger partial charge in [0.25, 0.3) is 0 Å². The molecule has 1 fully saturated rings. The van der Waals surface area contributed by atoms with Gasteiger partial charge in [0.2, 0.25) is 5.95 Å². The van der Waals surface area contributed by atoms with Crippen molar-refractivity contribution < 1.29 is 9.47 Å². The van der Waals surface area contributed by atoms with E-state index in [1.54, 1.807) is 7.11 Å². The summed E-state index contributed by atoms with van der Waals surface area (Å²) in [6, 6.07) is 10.3. The van der Waals surface area contributed by atoms with Gasteiger partial charge in [-0.1, -0.05) is 0 Å². The SMILES string of the molecule is COc1cc2c(cc1Nc1ncc3ccc(OCC4CCNCC4)cc3n1)CN(C)CC2. The van der Waals surface area contributed by atoms with Crippen LogP contribution < -0.4 is 20.1 Å². The smallest absolute Gasteiger partial charge is 0.227 e. The van der Waals surface area contributed by atoms with Crippen LogP contribution in [0.2, 0.25) is 0 Å². The molecule has 2 N–H and O–H groups in total. The highest BCUT2D eigenvalue weighted by Crippen LogP contribution is 2.33. The molecule has 1 aromatic heterocycles. The van der Waals surface area contributed by atoms with Crippen molar-refractivity contribution in [1.82, 2.24) is 20.2 Å². The molecule has 0 bridgehead atoms. The van der Waals surface area contributed by atoms with Crippen molar-refractivity contribution in [1.29, 1.82) is 0 Å². The Kier molecular flexibility index (Phi) is 6.10. The number of hydrogen-bond acceptors (Lipinski definition) is 7. The van der Waals surface area contributed by atoms with Crippen LogP contribution in [0.3, 0.4) is 0 Å². The lowest BCUT2D eigenvalue weighted by Crippen LogP contribution is -2.30. The summed E-state index contributed by atoms with van der Waals surface area (Å²) in [7, 11) is 3.85. The monoisotopic (exact) mass is 433 g/mol. The molecular weight excluding hydrogens is 402 g/mol. The lowest BCUT2D eigenvalue weighted by molar-refractivity contribution is 0.215. The van der Waals surface area contributed by atoms with E-state index in [0.717, 1.165) is 67.3 Å². The lowest BCUT2D eigenvalue weighted by Gasteiger charge is -2.26. The molecule has 2 aliphatic rings. The quantitative estimate of drug-likeness (QED) is 0.613. The molecule has 32 heavy (non-hydrogen) atoms. The number of fused-ring (bicyclic) bond motifs is 2. The maximum Gasteiger partial charge on any atom is 0.227 e. The van der Waals surface area contributed by atoms with Gasteiger partial charge in [-0.3, -0.25) is 0 Å². The number of nitrogens with one attached hydrogen (secondary N) is 2. The summed E-state index contributed by atoms with van der Waals surface area (Å²) >= 11 is 0. The van der Waals surface area contributed by atoms with Gasteiger partial charge in [0.05, 0.1) is 24.9 Å². The van der Waals surface area contributed by atoms with Crippen LogP contribution in [0.4, 0.5) is 11.6 Å². The Hall–Kier alpha value is -2.90. The van der Waals surface area contributed by atoms with Gasteiger partial charge < -0.3 is 25.0 Å². The molecule has 0 unspecified atom stereocenters. The van der Waals surface area contributed by atoms with Gasteiger partial charge in [0.15, 0.2) is 0 Å². The third kappa shape index (κ3) is 4.64. The summed E-state index contributed by atoms with van der Waals surface area (Å²) in [4.78, 5) is 11.6. The maximum absolute atomic E-state index is 6.09. The van der Waals surface area contributed by atoms with Gasteiger partial charge >= 0.3 is 0 Å². The summed E-state index contributed by atoms with van der Waals surface area (Å²) in [5.74, 6) is 2.84. The third-order valence-electron chi connectivity index (χ3n) is 6.47. The van der Waals surface area contributed by atoms with Crippen molar-refractivity contribution in [2.45, 2.75) is 25.8 Å². The second kappa shape index (κ2) is 9.30. The fraction of sp³-hybridized carbons (Fsp3) is 0.440. The fourth-order valence-corrected chi connectivity index (χ4v) is 4.53. The van der Waals surface area contributed by atoms with E-state index in [1.807, 2.05) is 24.4 Å². The van der Waals surface area contributed by atoms with Crippen LogP contribution in [0.1, 0.15) is 24.0 Å². The summed E-state index contributed by atoms with van der Waals surface area (Å²) < 4.78 is 11.7. The third-order valence-corrected chi connectivity index (χ3v) is 6.47. The first kappa shape index (κ1) is 21.0. The first-order valence-corrected chi connectivity index (χ1v) is 11.4. The number of hydrogen-bond donors (Lipinski definition) is 2. The van der Waals surface area contributed by atoms with Gasteiger partial charge in [-0.2, -0.15) is 0 Å². The minimum Gasteiger partial charge on any atom is -0.495 e. The molecule has 7 heteroatoms. The molecule has 7 nitrogen and oxygen atoms in total. The maximum atomic E-state index is 6.09. The van der Waals surface area contributed by atoms with E-state index in [2.05, 4.69) is 39.7 Å². The molecule has 2 aromatic carbocycles. The summed E-state index contributed by atoms with van der Waals surface area (Å²) in [5, 5.41) is 7.76. The largest absolute Gasteiger partial charge is 0.495 e. The second-order valence-electron chi connectivity index (χ2n) is 8.85. The van der Waals surface area contributed by atoms with Crippen molar-refractivity contribution in [3.05, 3.63) is 47.7 Å². The molecule has 168 valence electrons. The Morgan fingerprint density at radius 3 is 2.88 bits per heavy atom. The van der Waals surface area contributed by atoms with E-state index in [0.29, 0.717) is 11.9 Å². The summed E-state index contributed by atoms with van der Waals surface area (Å²) in [6.07, 6.45) is 5.22. The number of aromatic nitrogens is 2. The molecule has 0 aliphatic carbocycles. The molecule has 5 rings (SSSR count). The number of likely N-dealkylation sites (N-methyl/N-ethyl adjacent to an activating group) is 1. The summed E-state index contributed by atoms with van der Waals surface area (Å²) in [5.41, 5.74) is 4.41. The minimum atomic E-state index is 0.551. The topological polar surface area (TPSA) is 71.5 Å². The van der Waals surface area contributed by atoms with E-state index in [9.17, 15) is 0 Å². The molecular formula is C25H31N5O2. The van der Waals surface area contributed by atoms with Gasteiger partial charge in [-0.05, 0) is 80.7 Å². The van der Waals surface area contributed by atoms with Gasteiger partial charge in [0, 0.05) is 30.7 Å². The first-order chi connectivity index (χ1) is 15.7. The molecule has 1 saturated heterocycles. The number of piperidine rings is 1. The number of ether oxygens (including phenoxy) is 2. The highest BCUT2D eigenvalue weighted by molar-refractivity contribution is 5.81. The van der Waals surface area contributed by atoms with Crippen LogP contribution in [-0.4, -0.2) is 55.3 Å². The van der Waals surface area contributed by atoms with Crippen molar-refractivity contribution >= 4 is 22.5 Å². The van der Waals surface area contributed by atoms with Crippen molar-refractivity contribution in [3.8, 4) is 11.5 Å². The zero-order chi connectivity index (χ0) is 21.9. The zero-order valence-corrected chi connectivity index (χ0v) is 18.9. The predicted octanol–water partition coefficient (Wildman–Crippen LogP) is 3.75. The second-order valence-corrected chi connectivity index (χ2v) is 8.85. The molecule has 3 heterocycles. The van der Waals surface area contributed by atoms with Crippen LogP contribution in [0.25, 0.3) is 10.9 Å². The average molecular weight is 434 g/mol. The van der Waals surface area contributed by atoms with Crippen molar-refractivity contribution in [2.24, 2.45) is 5.92 Å². The number of nitrogens with zero attached hydrogens (tertiary/aromatic N) is 3. The van der Waals surface area contributed by atoms with Crippen LogP contribution in [0, 0.1) is 5.92 Å². The van der Waals surface area contributed by atoms with Gasteiger partial charge in [-0.25, -0.2) is 9.97 Å². The molecule has 0 amide bonds. The Labute approximate surface area is 189 Å². The molecule has 2 aliphatic heterocycles. The van der Waals surface area contributed by atoms with Crippen LogP contribution in [0.15, 0.2) is 36.5 Å². The molecule has 0 saturated carbocycles. The van der Waals surface area contributed by atoms with Crippen molar-refractivity contribution in [3.63, 3.8) is 0 Å². The summed E-state index contributed by atoms with van der Waals surface area (Å²) in [6.45, 7) is 4.92. The van der Waals surface area contributed by atoms with E-state index in [1.165, 1.54) is 24.0 Å². The Morgan fingerprint density at radius 2 is 2.03 bits per heavy atom. The highest BCUT2D eigenvalue weighted by Gasteiger charge is 2.18. The highest BCUT2D eigenvalue weighted by atomic mass is 16.5. The first-order valence-electron chi connectivity index (χ1n) is 11.4. The number of methoxy groups -OCH3 is 1. The molecule has 0 spiro atoms. The molecule has 0 radical (unpaired) electrons. The predicted molar refractivity (Wildman–Crippen MR) is 127 cm³/mol. The standard InChI is InChI=1S/C25H31N5O2/c1-30-10-7-18-12-24(31-2)23(11-20(18)15-30)29-25-27-14-19-3-4-21(13-22(19)28-25)32-16-17-5-8-26-9-6-17/h3-4,11-14,17,26H,5-10,15-16H2,1-2H3,(H,27,28,29). The van der Waals surface area contributed by atoms with Crippen LogP contribution in [0.5, 0.6) is 11.5 Å².